The standard InChI is InChI=1S/C16H20O2/c1-10-3-11(2)5-12(4-10)7-16(15(17)18)8-13-6-14(13)9-16/h3-5,13-14H,6-9H2,1-2H3,(H,17,18). The Bertz CT molecular complexity index is 474. The van der Waals surface area contributed by atoms with E-state index in [1.165, 1.54) is 23.1 Å². The molecule has 0 bridgehead atoms. The van der Waals surface area contributed by atoms with Crippen molar-refractivity contribution in [1.29, 1.82) is 0 Å². The molecule has 0 aliphatic heterocycles. The molecule has 1 aromatic carbocycles. The van der Waals surface area contributed by atoms with Crippen LogP contribution in [0.4, 0.5) is 0 Å². The second-order valence-electron chi connectivity index (χ2n) is 6.42. The third-order valence-corrected chi connectivity index (χ3v) is 4.65. The number of carboxylic acid groups (broad SMARTS) is 1. The highest BCUT2D eigenvalue weighted by atomic mass is 16.4. The number of hydrogen-bond donors (Lipinski definition) is 1. The molecular weight excluding hydrogens is 224 g/mol. The summed E-state index contributed by atoms with van der Waals surface area (Å²) in [5, 5.41) is 9.60. The van der Waals surface area contributed by atoms with Crippen molar-refractivity contribution in [2.45, 2.75) is 39.5 Å². The van der Waals surface area contributed by atoms with Gasteiger partial charge in [0.15, 0.2) is 0 Å². The third-order valence-electron chi connectivity index (χ3n) is 4.65. The van der Waals surface area contributed by atoms with Crippen LogP contribution in [-0.4, -0.2) is 11.1 Å². The fraction of sp³-hybridized carbons (Fsp3) is 0.562. The van der Waals surface area contributed by atoms with Crippen LogP contribution >= 0.6 is 0 Å². The number of carbonyl (C=O) groups is 1. The van der Waals surface area contributed by atoms with E-state index in [1.807, 2.05) is 0 Å². The first-order chi connectivity index (χ1) is 8.48. The molecule has 0 spiro atoms. The lowest BCUT2D eigenvalue weighted by Crippen LogP contribution is -2.32. The summed E-state index contributed by atoms with van der Waals surface area (Å²) in [7, 11) is 0. The van der Waals surface area contributed by atoms with E-state index in [9.17, 15) is 9.90 Å². The predicted molar refractivity (Wildman–Crippen MR) is 70.5 cm³/mol. The lowest BCUT2D eigenvalue weighted by molar-refractivity contribution is -0.149. The molecular formula is C16H20O2. The van der Waals surface area contributed by atoms with Crippen LogP contribution in [0, 0.1) is 31.1 Å². The van der Waals surface area contributed by atoms with Gasteiger partial charge in [0.2, 0.25) is 0 Å². The number of benzene rings is 1. The minimum atomic E-state index is -0.589. The largest absolute Gasteiger partial charge is 0.481 e. The van der Waals surface area contributed by atoms with Crippen LogP contribution in [-0.2, 0) is 11.2 Å². The Morgan fingerprint density at radius 2 is 1.78 bits per heavy atom. The maximum atomic E-state index is 11.7. The van der Waals surface area contributed by atoms with E-state index in [1.54, 1.807) is 0 Å². The summed E-state index contributed by atoms with van der Waals surface area (Å²) in [6.07, 6.45) is 3.75. The van der Waals surface area contributed by atoms with Crippen LogP contribution in [0.3, 0.4) is 0 Å². The van der Waals surface area contributed by atoms with E-state index < -0.39 is 11.4 Å². The van der Waals surface area contributed by atoms with Crippen molar-refractivity contribution in [1.82, 2.24) is 0 Å². The summed E-state index contributed by atoms with van der Waals surface area (Å²) in [5.74, 6) is 0.813. The fourth-order valence-corrected chi connectivity index (χ4v) is 3.85. The molecule has 0 aromatic heterocycles. The van der Waals surface area contributed by atoms with Crippen LogP contribution in [0.2, 0.25) is 0 Å². The lowest BCUT2D eigenvalue weighted by Gasteiger charge is -2.26. The zero-order valence-electron chi connectivity index (χ0n) is 11.1. The fourth-order valence-electron chi connectivity index (χ4n) is 3.85. The smallest absolute Gasteiger partial charge is 0.309 e. The van der Waals surface area contributed by atoms with Crippen LogP contribution in [0.5, 0.6) is 0 Å². The Morgan fingerprint density at radius 1 is 1.22 bits per heavy atom. The Balaban J connectivity index is 1.87. The molecule has 2 aliphatic carbocycles. The van der Waals surface area contributed by atoms with Crippen LogP contribution < -0.4 is 0 Å². The van der Waals surface area contributed by atoms with Gasteiger partial charge in [0.1, 0.15) is 0 Å². The van der Waals surface area contributed by atoms with Crippen LogP contribution in [0.25, 0.3) is 0 Å². The summed E-state index contributed by atoms with van der Waals surface area (Å²) < 4.78 is 0. The van der Waals surface area contributed by atoms with Gasteiger partial charge in [-0.25, -0.2) is 0 Å². The molecule has 2 atom stereocenters. The average Bonchev–Trinajstić information content (AvgIpc) is 2.85. The maximum absolute atomic E-state index is 11.7. The van der Waals surface area contributed by atoms with Gasteiger partial charge < -0.3 is 5.11 Å². The van der Waals surface area contributed by atoms with Crippen molar-refractivity contribution in [3.8, 4) is 0 Å². The molecule has 2 heteroatoms. The first-order valence-corrected chi connectivity index (χ1v) is 6.79. The Labute approximate surface area is 108 Å². The number of rotatable bonds is 3. The number of aryl methyl sites for hydroxylation is 2. The van der Waals surface area contributed by atoms with E-state index in [4.69, 9.17) is 0 Å². The first-order valence-electron chi connectivity index (χ1n) is 6.79. The number of aliphatic carboxylic acids is 1. The minimum Gasteiger partial charge on any atom is -0.481 e. The molecule has 0 heterocycles. The highest BCUT2D eigenvalue weighted by molar-refractivity contribution is 5.76. The SMILES string of the molecule is Cc1cc(C)cc(CC2(C(=O)O)CC3CC3C2)c1. The molecule has 1 N–H and O–H groups in total. The molecule has 1 aromatic rings. The van der Waals surface area contributed by atoms with E-state index >= 15 is 0 Å². The average molecular weight is 244 g/mol. The monoisotopic (exact) mass is 244 g/mol. The van der Waals surface area contributed by atoms with Crippen LogP contribution in [0.1, 0.15) is 36.0 Å². The zero-order chi connectivity index (χ0) is 12.9. The molecule has 3 rings (SSSR count). The van der Waals surface area contributed by atoms with E-state index in [2.05, 4.69) is 32.0 Å². The summed E-state index contributed by atoms with van der Waals surface area (Å²) in [6.45, 7) is 4.16. The molecule has 0 saturated heterocycles. The molecule has 0 radical (unpaired) electrons. The molecule has 2 unspecified atom stereocenters. The summed E-state index contributed by atoms with van der Waals surface area (Å²) in [6, 6.07) is 6.42. The number of carboxylic acids is 1. The maximum Gasteiger partial charge on any atom is 0.309 e. The van der Waals surface area contributed by atoms with Crippen molar-refractivity contribution in [3.05, 3.63) is 34.9 Å². The third kappa shape index (κ3) is 1.94. The summed E-state index contributed by atoms with van der Waals surface area (Å²) in [5.41, 5.74) is 3.17. The van der Waals surface area contributed by atoms with Gasteiger partial charge in [0.05, 0.1) is 5.41 Å². The molecule has 2 nitrogen and oxygen atoms in total. The highest BCUT2D eigenvalue weighted by Crippen LogP contribution is 2.60. The highest BCUT2D eigenvalue weighted by Gasteiger charge is 2.57. The minimum absolute atomic E-state index is 0.478. The van der Waals surface area contributed by atoms with Gasteiger partial charge in [-0.3, -0.25) is 4.79 Å². The zero-order valence-corrected chi connectivity index (χ0v) is 11.1. The van der Waals surface area contributed by atoms with Gasteiger partial charge >= 0.3 is 5.97 Å². The molecule has 2 saturated carbocycles. The van der Waals surface area contributed by atoms with Crippen molar-refractivity contribution in [3.63, 3.8) is 0 Å². The van der Waals surface area contributed by atoms with Gasteiger partial charge in [-0.15, -0.1) is 0 Å². The van der Waals surface area contributed by atoms with Gasteiger partial charge in [0, 0.05) is 0 Å². The van der Waals surface area contributed by atoms with E-state index in [0.717, 1.165) is 12.8 Å². The topological polar surface area (TPSA) is 37.3 Å². The second kappa shape index (κ2) is 3.84. The molecule has 18 heavy (non-hydrogen) atoms. The van der Waals surface area contributed by atoms with Crippen LogP contribution in [0.15, 0.2) is 18.2 Å². The van der Waals surface area contributed by atoms with Gasteiger partial charge in [0.25, 0.3) is 0 Å². The number of fused-ring (bicyclic) bond motifs is 1. The number of hydrogen-bond acceptors (Lipinski definition) is 1. The molecule has 96 valence electrons. The lowest BCUT2D eigenvalue weighted by atomic mass is 9.77. The van der Waals surface area contributed by atoms with Gasteiger partial charge in [-0.05, 0) is 56.9 Å². The molecule has 2 fully saturated rings. The van der Waals surface area contributed by atoms with Crippen molar-refractivity contribution >= 4 is 5.97 Å². The first kappa shape index (κ1) is 11.8. The summed E-state index contributed by atoms with van der Waals surface area (Å²) >= 11 is 0. The Hall–Kier alpha value is -1.31. The van der Waals surface area contributed by atoms with E-state index in [-0.39, 0.29) is 0 Å². The van der Waals surface area contributed by atoms with Crippen molar-refractivity contribution in [2.75, 3.05) is 0 Å². The van der Waals surface area contributed by atoms with Crippen molar-refractivity contribution < 1.29 is 9.90 Å². The second-order valence-corrected chi connectivity index (χ2v) is 6.42. The van der Waals surface area contributed by atoms with E-state index in [0.29, 0.717) is 18.3 Å². The molecule has 2 aliphatic rings. The van der Waals surface area contributed by atoms with Gasteiger partial charge in [-0.2, -0.15) is 0 Å². The van der Waals surface area contributed by atoms with Gasteiger partial charge in [-0.1, -0.05) is 29.3 Å². The Kier molecular flexibility index (Phi) is 2.51. The Morgan fingerprint density at radius 3 is 2.28 bits per heavy atom. The normalized spacial score (nSPS) is 33.2. The summed E-state index contributed by atoms with van der Waals surface area (Å²) in [4.78, 5) is 11.7. The molecule has 0 amide bonds. The van der Waals surface area contributed by atoms with Crippen molar-refractivity contribution in [2.24, 2.45) is 17.3 Å². The quantitative estimate of drug-likeness (QED) is 0.885. The predicted octanol–water partition coefficient (Wildman–Crippen LogP) is 3.35.